The summed E-state index contributed by atoms with van der Waals surface area (Å²) in [4.78, 5) is 26.4. The quantitative estimate of drug-likeness (QED) is 0.617. The van der Waals surface area contributed by atoms with E-state index in [4.69, 9.17) is 5.73 Å². The van der Waals surface area contributed by atoms with Gasteiger partial charge in [-0.05, 0) is 32.2 Å². The van der Waals surface area contributed by atoms with Gasteiger partial charge in [-0.25, -0.2) is 0 Å². The van der Waals surface area contributed by atoms with Gasteiger partial charge in [-0.1, -0.05) is 25.7 Å². The van der Waals surface area contributed by atoms with E-state index in [1.807, 2.05) is 0 Å². The number of hydrogen-bond acceptors (Lipinski definition) is 4. The molecule has 0 aromatic rings. The van der Waals surface area contributed by atoms with Crippen LogP contribution in [0.1, 0.15) is 51.4 Å². The summed E-state index contributed by atoms with van der Waals surface area (Å²) in [6.07, 6.45) is 9.10. The molecule has 4 N–H and O–H groups in total. The number of rotatable bonds is 6. The molecule has 24 heavy (non-hydrogen) atoms. The molecular formula is C17H33ClN4O2. The molecule has 0 spiro atoms. The van der Waals surface area contributed by atoms with Gasteiger partial charge in [0.25, 0.3) is 0 Å². The van der Waals surface area contributed by atoms with Gasteiger partial charge in [-0.15, -0.1) is 12.4 Å². The standard InChI is InChI=1S/C17H32N4O2.ClH/c18-9-10-19-17(23)14-6-5-11-21(12-14)13-16(22)20-15-7-3-1-2-4-8-15;/h14-15H,1-13,18H2,(H,19,23)(H,20,22);1H. The van der Waals surface area contributed by atoms with Gasteiger partial charge in [0.1, 0.15) is 0 Å². The van der Waals surface area contributed by atoms with Crippen LogP contribution < -0.4 is 16.4 Å². The van der Waals surface area contributed by atoms with E-state index >= 15 is 0 Å². The van der Waals surface area contributed by atoms with Crippen molar-refractivity contribution >= 4 is 24.2 Å². The van der Waals surface area contributed by atoms with Crippen LogP contribution in [0.2, 0.25) is 0 Å². The van der Waals surface area contributed by atoms with Gasteiger partial charge >= 0.3 is 0 Å². The van der Waals surface area contributed by atoms with Gasteiger partial charge in [-0.2, -0.15) is 0 Å². The number of hydrogen-bond donors (Lipinski definition) is 3. The molecule has 1 aliphatic carbocycles. The Morgan fingerprint density at radius 1 is 1.04 bits per heavy atom. The predicted octanol–water partition coefficient (Wildman–Crippen LogP) is 1.03. The van der Waals surface area contributed by atoms with E-state index in [0.717, 1.165) is 32.2 Å². The summed E-state index contributed by atoms with van der Waals surface area (Å²) in [5.74, 6) is 0.172. The third kappa shape index (κ3) is 7.36. The molecule has 1 saturated heterocycles. The molecule has 6 nitrogen and oxygen atoms in total. The second-order valence-electron chi connectivity index (χ2n) is 6.91. The molecule has 1 aliphatic heterocycles. The highest BCUT2D eigenvalue weighted by atomic mass is 35.5. The highest BCUT2D eigenvalue weighted by Crippen LogP contribution is 2.18. The van der Waals surface area contributed by atoms with Crippen LogP contribution in [0.5, 0.6) is 0 Å². The number of carbonyl (C=O) groups excluding carboxylic acids is 2. The lowest BCUT2D eigenvalue weighted by molar-refractivity contribution is -0.129. The molecule has 0 aromatic carbocycles. The van der Waals surface area contributed by atoms with Crippen molar-refractivity contribution in [2.24, 2.45) is 11.7 Å². The average Bonchev–Trinajstić information content (AvgIpc) is 2.81. The number of amides is 2. The van der Waals surface area contributed by atoms with Crippen LogP contribution in [-0.4, -0.2) is 55.5 Å². The first-order valence-corrected chi connectivity index (χ1v) is 9.18. The van der Waals surface area contributed by atoms with Crippen molar-refractivity contribution in [3.05, 3.63) is 0 Å². The third-order valence-electron chi connectivity index (χ3n) is 4.91. The molecule has 0 bridgehead atoms. The molecule has 2 amide bonds. The Balaban J connectivity index is 0.00000288. The minimum absolute atomic E-state index is 0. The summed E-state index contributed by atoms with van der Waals surface area (Å²) < 4.78 is 0. The fourth-order valence-electron chi connectivity index (χ4n) is 3.65. The normalized spacial score (nSPS) is 23.0. The maximum absolute atomic E-state index is 12.3. The van der Waals surface area contributed by atoms with Crippen LogP contribution in [0, 0.1) is 5.92 Å². The fraction of sp³-hybridized carbons (Fsp3) is 0.882. The highest BCUT2D eigenvalue weighted by Gasteiger charge is 2.27. The minimum Gasteiger partial charge on any atom is -0.355 e. The summed E-state index contributed by atoms with van der Waals surface area (Å²) in [6.45, 7) is 2.98. The Labute approximate surface area is 151 Å². The summed E-state index contributed by atoms with van der Waals surface area (Å²) >= 11 is 0. The average molecular weight is 361 g/mol. The van der Waals surface area contributed by atoms with Crippen LogP contribution in [0.25, 0.3) is 0 Å². The molecule has 1 saturated carbocycles. The van der Waals surface area contributed by atoms with Crippen molar-refractivity contribution in [1.82, 2.24) is 15.5 Å². The fourth-order valence-corrected chi connectivity index (χ4v) is 3.65. The van der Waals surface area contributed by atoms with Crippen molar-refractivity contribution in [2.75, 3.05) is 32.7 Å². The van der Waals surface area contributed by atoms with Gasteiger partial charge < -0.3 is 16.4 Å². The molecule has 0 aromatic heterocycles. The van der Waals surface area contributed by atoms with Gasteiger partial charge in [0.2, 0.25) is 11.8 Å². The van der Waals surface area contributed by atoms with E-state index in [9.17, 15) is 9.59 Å². The number of likely N-dealkylation sites (tertiary alicyclic amines) is 1. The van der Waals surface area contributed by atoms with Crippen LogP contribution >= 0.6 is 12.4 Å². The van der Waals surface area contributed by atoms with E-state index in [1.54, 1.807) is 0 Å². The zero-order valence-corrected chi connectivity index (χ0v) is 15.4. The number of nitrogens with one attached hydrogen (secondary N) is 2. The van der Waals surface area contributed by atoms with Crippen molar-refractivity contribution in [2.45, 2.75) is 57.4 Å². The van der Waals surface area contributed by atoms with E-state index in [1.165, 1.54) is 25.7 Å². The zero-order chi connectivity index (χ0) is 16.5. The van der Waals surface area contributed by atoms with E-state index in [2.05, 4.69) is 15.5 Å². The summed E-state index contributed by atoms with van der Waals surface area (Å²) in [7, 11) is 0. The Kier molecular flexibility index (Phi) is 10.3. The van der Waals surface area contributed by atoms with Gasteiger partial charge in [0, 0.05) is 25.7 Å². The van der Waals surface area contributed by atoms with Crippen molar-refractivity contribution in [1.29, 1.82) is 0 Å². The van der Waals surface area contributed by atoms with Gasteiger partial charge in [0.15, 0.2) is 0 Å². The Hall–Kier alpha value is -0.850. The zero-order valence-electron chi connectivity index (χ0n) is 14.6. The SMILES string of the molecule is Cl.NCCNC(=O)C1CCCN(CC(=O)NC2CCCCCC2)C1. The molecule has 0 radical (unpaired) electrons. The molecule has 2 fully saturated rings. The smallest absolute Gasteiger partial charge is 0.234 e. The van der Waals surface area contributed by atoms with Gasteiger partial charge in [-0.3, -0.25) is 14.5 Å². The Morgan fingerprint density at radius 3 is 2.42 bits per heavy atom. The summed E-state index contributed by atoms with van der Waals surface area (Å²) in [6, 6.07) is 0.346. The number of carbonyl (C=O) groups is 2. The molecule has 1 atom stereocenters. The topological polar surface area (TPSA) is 87.5 Å². The van der Waals surface area contributed by atoms with Crippen molar-refractivity contribution in [3.8, 4) is 0 Å². The lowest BCUT2D eigenvalue weighted by Gasteiger charge is -2.31. The first kappa shape index (κ1) is 21.2. The lowest BCUT2D eigenvalue weighted by Crippen LogP contribution is -2.48. The Bertz CT molecular complexity index is 387. The monoisotopic (exact) mass is 360 g/mol. The molecule has 2 aliphatic rings. The molecule has 140 valence electrons. The van der Waals surface area contributed by atoms with E-state index < -0.39 is 0 Å². The van der Waals surface area contributed by atoms with Gasteiger partial charge in [0.05, 0.1) is 12.5 Å². The summed E-state index contributed by atoms with van der Waals surface area (Å²) in [5, 5.41) is 6.04. The number of piperidine rings is 1. The van der Waals surface area contributed by atoms with E-state index in [-0.39, 0.29) is 30.1 Å². The number of nitrogens with two attached hydrogens (primary N) is 1. The minimum atomic E-state index is -0.0130. The first-order valence-electron chi connectivity index (χ1n) is 9.18. The highest BCUT2D eigenvalue weighted by molar-refractivity contribution is 5.85. The first-order chi connectivity index (χ1) is 11.2. The Morgan fingerprint density at radius 2 is 1.75 bits per heavy atom. The lowest BCUT2D eigenvalue weighted by atomic mass is 9.97. The molecule has 1 unspecified atom stereocenters. The number of halogens is 1. The third-order valence-corrected chi connectivity index (χ3v) is 4.91. The summed E-state index contributed by atoms with van der Waals surface area (Å²) in [5.41, 5.74) is 5.42. The second-order valence-corrected chi connectivity index (χ2v) is 6.91. The van der Waals surface area contributed by atoms with Crippen molar-refractivity contribution in [3.63, 3.8) is 0 Å². The van der Waals surface area contributed by atoms with Crippen LogP contribution in [0.15, 0.2) is 0 Å². The van der Waals surface area contributed by atoms with Crippen molar-refractivity contribution < 1.29 is 9.59 Å². The molecule has 2 rings (SSSR count). The number of nitrogens with zero attached hydrogens (tertiary/aromatic N) is 1. The maximum Gasteiger partial charge on any atom is 0.234 e. The predicted molar refractivity (Wildman–Crippen MR) is 98.1 cm³/mol. The molecule has 1 heterocycles. The van der Waals surface area contributed by atoms with E-state index in [0.29, 0.717) is 32.2 Å². The van der Waals surface area contributed by atoms with Crippen LogP contribution in [0.3, 0.4) is 0 Å². The van der Waals surface area contributed by atoms with Crippen LogP contribution in [0.4, 0.5) is 0 Å². The maximum atomic E-state index is 12.3. The molecule has 7 heteroatoms. The van der Waals surface area contributed by atoms with Crippen LogP contribution in [-0.2, 0) is 9.59 Å². The second kappa shape index (κ2) is 11.7. The molecular weight excluding hydrogens is 328 g/mol. The largest absolute Gasteiger partial charge is 0.355 e.